The molecule has 7 N–H and O–H groups in total. The van der Waals surface area contributed by atoms with Crippen molar-refractivity contribution in [2.24, 2.45) is 5.73 Å². The van der Waals surface area contributed by atoms with Crippen LogP contribution >= 0.6 is 7.67 Å². The first-order chi connectivity index (χ1) is 23.8. The van der Waals surface area contributed by atoms with Crippen molar-refractivity contribution >= 4 is 42.4 Å². The van der Waals surface area contributed by atoms with Gasteiger partial charge in [0.1, 0.15) is 54.9 Å². The van der Waals surface area contributed by atoms with Gasteiger partial charge in [-0.3, -0.25) is 18.9 Å². The minimum absolute atomic E-state index is 0.0162. The highest BCUT2D eigenvalue weighted by Crippen LogP contribution is 2.42. The van der Waals surface area contributed by atoms with Crippen LogP contribution < -0.4 is 21.6 Å². The highest BCUT2D eigenvalue weighted by Gasteiger charge is 2.40. The molecule has 266 valence electrons. The number of carbonyl (C=O) groups excluding carboxylic acids is 3. The average molecular weight is 710 g/mol. The Morgan fingerprint density at radius 2 is 1.52 bits per heavy atom. The zero-order valence-corrected chi connectivity index (χ0v) is 28.6. The van der Waals surface area contributed by atoms with Crippen LogP contribution in [0.5, 0.6) is 0 Å². The molecule has 16 nitrogen and oxygen atoms in total. The van der Waals surface area contributed by atoms with Crippen molar-refractivity contribution in [3.63, 3.8) is 0 Å². The molecular weight excluding hydrogens is 669 g/mol. The van der Waals surface area contributed by atoms with Crippen LogP contribution in [0.25, 0.3) is 11.0 Å². The fourth-order valence-electron chi connectivity index (χ4n) is 5.34. The SMILES string of the molecule is Cc1nc(N)c2c(C(N)=O)cn([C@H]3C[C@H](O)[C@@H](COP(=O)(N[C@@H](C)C(=O)OCc4ccccc4)N[C@H](C)C(=O)OCc4ccccc4)O3)c2n1. The highest BCUT2D eigenvalue weighted by molar-refractivity contribution is 7.54. The largest absolute Gasteiger partial charge is 0.460 e. The van der Waals surface area contributed by atoms with Gasteiger partial charge in [-0.1, -0.05) is 60.7 Å². The van der Waals surface area contributed by atoms with Crippen molar-refractivity contribution < 1.29 is 42.8 Å². The molecule has 1 unspecified atom stereocenters. The van der Waals surface area contributed by atoms with E-state index in [1.54, 1.807) is 55.5 Å². The molecule has 17 heteroatoms. The number of aryl methyl sites for hydroxylation is 1. The Balaban J connectivity index is 1.29. The van der Waals surface area contributed by atoms with E-state index in [4.69, 9.17) is 30.2 Å². The zero-order chi connectivity index (χ0) is 36.0. The average Bonchev–Trinajstić information content (AvgIpc) is 3.66. The van der Waals surface area contributed by atoms with Gasteiger partial charge in [0.15, 0.2) is 0 Å². The van der Waals surface area contributed by atoms with Crippen LogP contribution in [0.4, 0.5) is 5.82 Å². The van der Waals surface area contributed by atoms with Gasteiger partial charge in [0, 0.05) is 12.6 Å². The van der Waals surface area contributed by atoms with Gasteiger partial charge in [0.2, 0.25) is 0 Å². The number of nitrogens with zero attached hydrogens (tertiary/aromatic N) is 3. The monoisotopic (exact) mass is 709 g/mol. The van der Waals surface area contributed by atoms with E-state index in [1.807, 2.05) is 12.1 Å². The number of rotatable bonds is 15. The highest BCUT2D eigenvalue weighted by atomic mass is 31.2. The maximum Gasteiger partial charge on any atom is 0.342 e. The van der Waals surface area contributed by atoms with Gasteiger partial charge >= 0.3 is 19.6 Å². The summed E-state index contributed by atoms with van der Waals surface area (Å²) >= 11 is 0. The number of nitrogens with two attached hydrogens (primary N) is 2. The Morgan fingerprint density at radius 1 is 0.980 bits per heavy atom. The lowest BCUT2D eigenvalue weighted by molar-refractivity contribution is -0.147. The first kappa shape index (κ1) is 36.6. The Bertz CT molecular complexity index is 1810. The van der Waals surface area contributed by atoms with Crippen molar-refractivity contribution in [1.82, 2.24) is 24.7 Å². The molecule has 0 saturated carbocycles. The fraction of sp³-hybridized carbons (Fsp3) is 0.364. The number of aromatic nitrogens is 3. The molecule has 2 aromatic carbocycles. The first-order valence-electron chi connectivity index (χ1n) is 15.8. The molecule has 1 aliphatic rings. The summed E-state index contributed by atoms with van der Waals surface area (Å²) in [7, 11) is -4.26. The number of esters is 2. The summed E-state index contributed by atoms with van der Waals surface area (Å²) < 4.78 is 38.4. The summed E-state index contributed by atoms with van der Waals surface area (Å²) in [5.41, 5.74) is 13.5. The lowest BCUT2D eigenvalue weighted by Crippen LogP contribution is -2.43. The maximum absolute atomic E-state index is 14.2. The molecule has 0 spiro atoms. The van der Waals surface area contributed by atoms with E-state index >= 15 is 0 Å². The summed E-state index contributed by atoms with van der Waals surface area (Å²) in [6.07, 6.45) is -1.54. The summed E-state index contributed by atoms with van der Waals surface area (Å²) in [5.74, 6) is -1.80. The molecule has 50 heavy (non-hydrogen) atoms. The molecule has 1 saturated heterocycles. The number of aliphatic hydroxyl groups excluding tert-OH is 1. The van der Waals surface area contributed by atoms with Gasteiger partial charge in [-0.05, 0) is 31.9 Å². The van der Waals surface area contributed by atoms with E-state index in [9.17, 15) is 24.1 Å². The number of hydrogen-bond donors (Lipinski definition) is 5. The molecule has 1 amide bonds. The molecule has 0 radical (unpaired) electrons. The van der Waals surface area contributed by atoms with Crippen molar-refractivity contribution in [3.05, 3.63) is 89.4 Å². The number of anilines is 1. The Labute approximate surface area is 288 Å². The van der Waals surface area contributed by atoms with Crippen molar-refractivity contribution in [3.8, 4) is 0 Å². The molecule has 1 aliphatic heterocycles. The number of hydrogen-bond acceptors (Lipinski definition) is 12. The summed E-state index contributed by atoms with van der Waals surface area (Å²) in [6.45, 7) is 4.03. The van der Waals surface area contributed by atoms with Crippen LogP contribution in [-0.2, 0) is 46.1 Å². The Kier molecular flexibility index (Phi) is 11.6. The van der Waals surface area contributed by atoms with Crippen molar-refractivity contribution in [2.45, 2.75) is 70.9 Å². The number of nitrogen functional groups attached to an aromatic ring is 1. The number of primary amides is 1. The number of nitrogens with one attached hydrogen (secondary N) is 2. The molecule has 0 aliphatic carbocycles. The standard InChI is InChI=1S/C33H40N7O9P/c1-19(32(43)46-16-22-10-6-4-7-11-22)38-50(45,39-20(2)33(44)47-17-23-12-8-5-9-13-23)48-18-26-25(41)14-27(49-26)40-15-24(30(35)42)28-29(34)36-21(3)37-31(28)40/h4-13,15,19-20,25-27,41H,14,16-18H2,1-3H3,(H2,35,42)(H2,34,36,37)(H2,38,39,45)/t19-,20+,25-,26+,27+,50?/m0/s1. The molecule has 1 fully saturated rings. The number of aliphatic hydroxyl groups is 1. The van der Waals surface area contributed by atoms with Crippen LogP contribution in [0.2, 0.25) is 0 Å². The third-order valence-corrected chi connectivity index (χ3v) is 9.86. The Morgan fingerprint density at radius 3 is 2.04 bits per heavy atom. The smallest absolute Gasteiger partial charge is 0.342 e. The second kappa shape index (κ2) is 15.9. The topological polar surface area (TPSA) is 232 Å². The van der Waals surface area contributed by atoms with E-state index in [2.05, 4.69) is 20.1 Å². The van der Waals surface area contributed by atoms with Gasteiger partial charge in [-0.15, -0.1) is 0 Å². The predicted octanol–water partition coefficient (Wildman–Crippen LogP) is 2.64. The number of fused-ring (bicyclic) bond motifs is 1. The molecule has 4 aromatic rings. The van der Waals surface area contributed by atoms with E-state index < -0.39 is 62.6 Å². The van der Waals surface area contributed by atoms with Crippen LogP contribution in [0.15, 0.2) is 66.9 Å². The quantitative estimate of drug-likeness (QED) is 0.0883. The van der Waals surface area contributed by atoms with Crippen molar-refractivity contribution in [2.75, 3.05) is 12.3 Å². The minimum atomic E-state index is -4.26. The molecule has 3 heterocycles. The zero-order valence-electron chi connectivity index (χ0n) is 27.7. The van der Waals surface area contributed by atoms with E-state index in [1.165, 1.54) is 24.6 Å². The van der Waals surface area contributed by atoms with E-state index in [0.717, 1.165) is 11.1 Å². The third-order valence-electron chi connectivity index (χ3n) is 7.89. The maximum atomic E-state index is 14.2. The second-order valence-electron chi connectivity index (χ2n) is 11.8. The van der Waals surface area contributed by atoms with Gasteiger partial charge in [-0.25, -0.2) is 20.1 Å². The second-order valence-corrected chi connectivity index (χ2v) is 13.7. The van der Waals surface area contributed by atoms with Gasteiger partial charge < -0.3 is 39.9 Å². The van der Waals surface area contributed by atoms with E-state index in [0.29, 0.717) is 5.82 Å². The third kappa shape index (κ3) is 8.90. The molecule has 6 atom stereocenters. The van der Waals surface area contributed by atoms with Crippen LogP contribution in [0.3, 0.4) is 0 Å². The van der Waals surface area contributed by atoms with Gasteiger partial charge in [0.25, 0.3) is 5.91 Å². The Hall–Kier alpha value is -4.70. The van der Waals surface area contributed by atoms with Crippen molar-refractivity contribution in [1.29, 1.82) is 0 Å². The molecule has 0 bridgehead atoms. The first-order valence-corrected chi connectivity index (χ1v) is 17.4. The summed E-state index contributed by atoms with van der Waals surface area (Å²) in [6, 6.07) is 15.7. The summed E-state index contributed by atoms with van der Waals surface area (Å²) in [4.78, 5) is 46.5. The number of carbonyl (C=O) groups is 3. The lowest BCUT2D eigenvalue weighted by Gasteiger charge is -2.27. The molecular formula is C33H40N7O9P. The van der Waals surface area contributed by atoms with Crippen LogP contribution in [0, 0.1) is 6.92 Å². The van der Waals surface area contributed by atoms with Gasteiger partial charge in [-0.2, -0.15) is 0 Å². The van der Waals surface area contributed by atoms with Crippen LogP contribution in [-0.4, -0.2) is 68.4 Å². The number of benzene rings is 2. The van der Waals surface area contributed by atoms with Gasteiger partial charge in [0.05, 0.1) is 23.7 Å². The minimum Gasteiger partial charge on any atom is -0.460 e. The predicted molar refractivity (Wildman–Crippen MR) is 181 cm³/mol. The normalized spacial score (nSPS) is 19.8. The number of ether oxygens (including phenoxy) is 3. The molecule has 2 aromatic heterocycles. The lowest BCUT2D eigenvalue weighted by atomic mass is 10.2. The molecule has 5 rings (SSSR count). The van der Waals surface area contributed by atoms with Crippen LogP contribution in [0.1, 0.15) is 53.8 Å². The summed E-state index contributed by atoms with van der Waals surface area (Å²) in [5, 5.41) is 16.5. The fourth-order valence-corrected chi connectivity index (χ4v) is 7.16. The number of amides is 1. The van der Waals surface area contributed by atoms with E-state index in [-0.39, 0.29) is 42.0 Å².